The summed E-state index contributed by atoms with van der Waals surface area (Å²) in [4.78, 5) is 30.1. The van der Waals surface area contributed by atoms with E-state index in [9.17, 15) is 14.7 Å². The largest absolute Gasteiger partial charge is 0.458 e. The number of carbonyl (C=O) groups excluding carboxylic acids is 2. The highest BCUT2D eigenvalue weighted by Crippen LogP contribution is 2.55. The van der Waals surface area contributed by atoms with Crippen molar-refractivity contribution >= 4 is 26.5 Å². The number of hydrogen-bond donors (Lipinski definition) is 2. The van der Waals surface area contributed by atoms with Gasteiger partial charge in [0.1, 0.15) is 29.8 Å². The van der Waals surface area contributed by atoms with Crippen molar-refractivity contribution in [2.75, 3.05) is 13.7 Å². The van der Waals surface area contributed by atoms with Gasteiger partial charge in [-0.15, -0.1) is 6.58 Å². The van der Waals surface area contributed by atoms with E-state index in [0.717, 1.165) is 0 Å². The first-order valence-corrected chi connectivity index (χ1v) is 24.0. The number of aliphatic hydroxyl groups is 1. The van der Waals surface area contributed by atoms with Gasteiger partial charge in [0.15, 0.2) is 20.0 Å². The molecule has 2 aliphatic rings. The molecule has 2 aliphatic heterocycles. The number of carbonyl (C=O) groups is 2. The summed E-state index contributed by atoms with van der Waals surface area (Å²) in [5, 5.41) is 14.9. The van der Waals surface area contributed by atoms with Crippen molar-refractivity contribution < 1.29 is 47.2 Å². The number of amides is 1. The number of aliphatic hydroxyl groups excluding tert-OH is 1. The lowest BCUT2D eigenvalue weighted by Gasteiger charge is -2.50. The van der Waals surface area contributed by atoms with Gasteiger partial charge in [0.25, 0.3) is 0 Å². The molecule has 1 aromatic heterocycles. The van der Waals surface area contributed by atoms with Gasteiger partial charge in [-0.2, -0.15) is 0 Å². The molecular formula is C46H72N2O10Si. The molecule has 13 heteroatoms. The zero-order chi connectivity index (χ0) is 44.0. The van der Waals surface area contributed by atoms with Gasteiger partial charge in [-0.05, 0) is 75.9 Å². The van der Waals surface area contributed by atoms with Gasteiger partial charge in [-0.25, -0.2) is 14.6 Å². The van der Waals surface area contributed by atoms with E-state index in [0.29, 0.717) is 49.4 Å². The first kappa shape index (κ1) is 48.3. The summed E-state index contributed by atoms with van der Waals surface area (Å²) in [5.41, 5.74) is -0.405. The lowest BCUT2D eigenvalue weighted by Crippen LogP contribution is -2.58. The van der Waals surface area contributed by atoms with E-state index < -0.39 is 67.7 Å². The number of benzene rings is 1. The third kappa shape index (κ3) is 12.2. The Labute approximate surface area is 353 Å². The van der Waals surface area contributed by atoms with E-state index in [1.165, 1.54) is 0 Å². The Morgan fingerprint density at radius 2 is 1.80 bits per heavy atom. The van der Waals surface area contributed by atoms with Crippen LogP contribution in [0.2, 0.25) is 18.1 Å². The van der Waals surface area contributed by atoms with Gasteiger partial charge in [-0.3, -0.25) is 0 Å². The summed E-state index contributed by atoms with van der Waals surface area (Å²) in [6.07, 6.45) is 5.62. The summed E-state index contributed by atoms with van der Waals surface area (Å²) in [6, 6.07) is 8.93. The Morgan fingerprint density at radius 1 is 1.12 bits per heavy atom. The molecular weight excluding hydrogens is 770 g/mol. The van der Waals surface area contributed by atoms with Crippen LogP contribution in [0.3, 0.4) is 0 Å². The number of aromatic nitrogens is 1. The fourth-order valence-corrected chi connectivity index (χ4v) is 8.80. The normalized spacial score (nSPS) is 26.4. The van der Waals surface area contributed by atoms with Gasteiger partial charge in [0.05, 0.1) is 30.0 Å². The second-order valence-electron chi connectivity index (χ2n) is 19.4. The van der Waals surface area contributed by atoms with E-state index in [-0.39, 0.29) is 29.4 Å². The molecule has 4 rings (SSSR count). The summed E-state index contributed by atoms with van der Waals surface area (Å²) in [5.74, 6) is -1.41. The second-order valence-corrected chi connectivity index (χ2v) is 24.1. The van der Waals surface area contributed by atoms with Crippen LogP contribution in [-0.2, 0) is 34.5 Å². The minimum Gasteiger partial charge on any atom is -0.458 e. The molecule has 2 saturated heterocycles. The second kappa shape index (κ2) is 19.6. The third-order valence-electron chi connectivity index (χ3n) is 12.4. The molecule has 1 aromatic carbocycles. The number of esters is 1. The van der Waals surface area contributed by atoms with Gasteiger partial charge in [0.2, 0.25) is 0 Å². The summed E-state index contributed by atoms with van der Waals surface area (Å²) >= 11 is 0. The molecule has 3 heterocycles. The average Bonchev–Trinajstić information content (AvgIpc) is 3.68. The summed E-state index contributed by atoms with van der Waals surface area (Å²) < 4.78 is 44.4. The number of methoxy groups -OCH3 is 1. The monoisotopic (exact) mass is 841 g/mol. The molecule has 0 radical (unpaired) electrons. The SMILES string of the molecule is C=C[C@H](C)[C@@H](C[C@H](O[13CH3])[C@H]1O[C@]2(C[C@@H](OC(=O)c3ccccc3)[C@H](C)[C@H](C/C=C/c3coc(CCCNC(=O)OC(C)(C)C)n3)O2)C(C)(C)[C@H]1O)O[Si](C)(C)C(C)(C)C. The van der Waals surface area contributed by atoms with Crippen LogP contribution in [-0.4, -0.2) is 92.1 Å². The van der Waals surface area contributed by atoms with Crippen molar-refractivity contribution in [1.29, 1.82) is 0 Å². The Bertz CT molecular complexity index is 1710. The maximum absolute atomic E-state index is 13.5. The number of nitrogens with one attached hydrogen (secondary N) is 1. The molecule has 0 aliphatic carbocycles. The maximum atomic E-state index is 13.5. The molecule has 2 aromatic rings. The Hall–Kier alpha value is -3.33. The molecule has 1 amide bonds. The van der Waals surface area contributed by atoms with Crippen molar-refractivity contribution in [1.82, 2.24) is 10.3 Å². The highest BCUT2D eigenvalue weighted by Gasteiger charge is 2.66. The number of aryl methyl sites for hydroxylation is 1. The number of nitrogens with zero attached hydrogens (tertiary/aromatic N) is 1. The minimum absolute atomic E-state index is 0.00937. The Kier molecular flexibility index (Phi) is 16.0. The van der Waals surface area contributed by atoms with Gasteiger partial charge in [0, 0.05) is 44.2 Å². The quantitative estimate of drug-likeness (QED) is 0.0516. The number of ether oxygens (including phenoxy) is 5. The van der Waals surface area contributed by atoms with Crippen LogP contribution in [0.15, 0.2) is 59.7 Å². The van der Waals surface area contributed by atoms with Crippen molar-refractivity contribution in [3.05, 3.63) is 72.5 Å². The van der Waals surface area contributed by atoms with Crippen LogP contribution < -0.4 is 5.32 Å². The molecule has 0 unspecified atom stereocenters. The fourth-order valence-electron chi connectivity index (χ4n) is 7.38. The van der Waals surface area contributed by atoms with Crippen LogP contribution in [0, 0.1) is 17.3 Å². The summed E-state index contributed by atoms with van der Waals surface area (Å²) in [7, 11) is -0.551. The lowest BCUT2D eigenvalue weighted by molar-refractivity contribution is -0.334. The first-order valence-electron chi connectivity index (χ1n) is 21.1. The maximum Gasteiger partial charge on any atom is 0.407 e. The molecule has 2 fully saturated rings. The molecule has 59 heavy (non-hydrogen) atoms. The number of rotatable bonds is 17. The number of oxazole rings is 1. The van der Waals surface area contributed by atoms with E-state index in [4.69, 9.17) is 32.5 Å². The van der Waals surface area contributed by atoms with Gasteiger partial charge >= 0.3 is 12.1 Å². The van der Waals surface area contributed by atoms with Crippen LogP contribution >= 0.6 is 0 Å². The highest BCUT2D eigenvalue weighted by molar-refractivity contribution is 6.74. The Balaban J connectivity index is 1.55. The predicted octanol–water partition coefficient (Wildman–Crippen LogP) is 9.29. The van der Waals surface area contributed by atoms with Crippen molar-refractivity contribution in [3.8, 4) is 0 Å². The summed E-state index contributed by atoms with van der Waals surface area (Å²) in [6.45, 7) is 29.1. The van der Waals surface area contributed by atoms with Gasteiger partial charge in [-0.1, -0.05) is 78.8 Å². The van der Waals surface area contributed by atoms with Crippen molar-refractivity contribution in [2.45, 2.75) is 167 Å². The molecule has 1 spiro atoms. The van der Waals surface area contributed by atoms with E-state index in [1.807, 2.05) is 65.8 Å². The smallest absolute Gasteiger partial charge is 0.407 e. The molecule has 0 saturated carbocycles. The molecule has 9 atom stereocenters. The zero-order valence-corrected chi connectivity index (χ0v) is 38.8. The molecule has 12 nitrogen and oxygen atoms in total. The minimum atomic E-state index is -2.19. The topological polar surface area (TPSA) is 148 Å². The van der Waals surface area contributed by atoms with Crippen molar-refractivity contribution in [3.63, 3.8) is 0 Å². The van der Waals surface area contributed by atoms with E-state index in [2.05, 4.69) is 57.7 Å². The van der Waals surface area contributed by atoms with E-state index >= 15 is 0 Å². The fraction of sp³-hybridized carbons (Fsp3) is 0.674. The standard InChI is InChI=1S/C46H72N2O10Si/c1-15-30(2)35(58-59(13,14)44(7,8)9)27-36(52-12)39-40(49)45(10,11)46(56-39)28-37(54-41(50)32-21-17-16-18-22-32)31(3)34(55-46)24-19-23-33-29-53-38(48-33)25-20-26-47-42(51)57-43(4,5)6/h15-19,21-23,29-31,34-37,39-40,49H,1,20,24-28H2,2-14H3,(H,47,51)/b23-19+/t30-,31+,34-,35+,36-,37+,39+,40-,46+/m0/s1/i12+1. The average molecular weight is 842 g/mol. The van der Waals surface area contributed by atoms with Crippen LogP contribution in [0.1, 0.15) is 117 Å². The molecule has 0 bridgehead atoms. The van der Waals surface area contributed by atoms with Crippen molar-refractivity contribution in [2.24, 2.45) is 17.3 Å². The van der Waals surface area contributed by atoms with Gasteiger partial charge < -0.3 is 43.0 Å². The number of alkyl carbamates (subject to hydrolysis) is 1. The molecule has 2 N–H and O–H groups in total. The third-order valence-corrected chi connectivity index (χ3v) is 16.9. The zero-order valence-electron chi connectivity index (χ0n) is 37.8. The highest BCUT2D eigenvalue weighted by atomic mass is 28.4. The predicted molar refractivity (Wildman–Crippen MR) is 231 cm³/mol. The van der Waals surface area contributed by atoms with Crippen LogP contribution in [0.5, 0.6) is 0 Å². The first-order chi connectivity index (χ1) is 27.4. The molecule has 330 valence electrons. The van der Waals surface area contributed by atoms with E-state index in [1.54, 1.807) is 37.6 Å². The Morgan fingerprint density at radius 3 is 2.41 bits per heavy atom. The number of hydrogen-bond acceptors (Lipinski definition) is 11. The van der Waals surface area contributed by atoms with Crippen LogP contribution in [0.4, 0.5) is 4.79 Å². The lowest BCUT2D eigenvalue weighted by atomic mass is 9.72. The van der Waals surface area contributed by atoms with Crippen LogP contribution in [0.25, 0.3) is 6.08 Å².